The first kappa shape index (κ1) is 13.3. The molecular formula is C15H25N3. The number of aromatic nitrogens is 1. The van der Waals surface area contributed by atoms with E-state index in [4.69, 9.17) is 0 Å². The summed E-state index contributed by atoms with van der Waals surface area (Å²) in [5.74, 6) is 1.72. The van der Waals surface area contributed by atoms with E-state index < -0.39 is 0 Å². The van der Waals surface area contributed by atoms with Crippen LogP contribution in [0.2, 0.25) is 0 Å². The topological polar surface area (TPSA) is 28.2 Å². The SMILES string of the molecule is CC(C)CNc1ncccc1[C@H]1CCCCN1C. The lowest BCUT2D eigenvalue weighted by atomic mass is 9.96. The summed E-state index contributed by atoms with van der Waals surface area (Å²) in [6.07, 6.45) is 5.78. The minimum atomic E-state index is 0.530. The van der Waals surface area contributed by atoms with E-state index in [0.29, 0.717) is 12.0 Å². The first-order chi connectivity index (χ1) is 8.68. The van der Waals surface area contributed by atoms with Gasteiger partial charge in [-0.1, -0.05) is 26.3 Å². The summed E-state index contributed by atoms with van der Waals surface area (Å²) in [5.41, 5.74) is 1.36. The highest BCUT2D eigenvalue weighted by molar-refractivity contribution is 5.45. The van der Waals surface area contributed by atoms with Crippen molar-refractivity contribution in [1.29, 1.82) is 0 Å². The first-order valence-corrected chi connectivity index (χ1v) is 7.07. The van der Waals surface area contributed by atoms with E-state index in [-0.39, 0.29) is 0 Å². The maximum Gasteiger partial charge on any atom is 0.130 e. The largest absolute Gasteiger partial charge is 0.370 e. The lowest BCUT2D eigenvalue weighted by Crippen LogP contribution is -2.30. The Hall–Kier alpha value is -1.09. The van der Waals surface area contributed by atoms with E-state index in [0.717, 1.165) is 12.4 Å². The van der Waals surface area contributed by atoms with Crippen molar-refractivity contribution < 1.29 is 0 Å². The number of likely N-dealkylation sites (tertiary alicyclic amines) is 1. The molecule has 1 aliphatic rings. The lowest BCUT2D eigenvalue weighted by Gasteiger charge is -2.33. The Morgan fingerprint density at radius 2 is 2.28 bits per heavy atom. The van der Waals surface area contributed by atoms with Crippen molar-refractivity contribution in [2.24, 2.45) is 5.92 Å². The Morgan fingerprint density at radius 1 is 1.44 bits per heavy atom. The third-order valence-corrected chi connectivity index (χ3v) is 3.65. The Morgan fingerprint density at radius 3 is 3.00 bits per heavy atom. The minimum Gasteiger partial charge on any atom is -0.370 e. The fourth-order valence-electron chi connectivity index (χ4n) is 2.60. The van der Waals surface area contributed by atoms with Gasteiger partial charge in [-0.2, -0.15) is 0 Å². The summed E-state index contributed by atoms with van der Waals surface area (Å²) in [4.78, 5) is 6.98. The first-order valence-electron chi connectivity index (χ1n) is 7.07. The molecule has 18 heavy (non-hydrogen) atoms. The van der Waals surface area contributed by atoms with E-state index in [1.807, 2.05) is 6.20 Å². The van der Waals surface area contributed by atoms with Crippen molar-refractivity contribution in [3.63, 3.8) is 0 Å². The molecule has 1 aliphatic heterocycles. The highest BCUT2D eigenvalue weighted by Gasteiger charge is 2.23. The van der Waals surface area contributed by atoms with Crippen LogP contribution in [0.3, 0.4) is 0 Å². The molecule has 0 bridgehead atoms. The fraction of sp³-hybridized carbons (Fsp3) is 0.667. The van der Waals surface area contributed by atoms with Gasteiger partial charge >= 0.3 is 0 Å². The zero-order chi connectivity index (χ0) is 13.0. The Balaban J connectivity index is 2.15. The third kappa shape index (κ3) is 3.22. The molecule has 1 fully saturated rings. The van der Waals surface area contributed by atoms with Gasteiger partial charge in [0.25, 0.3) is 0 Å². The van der Waals surface area contributed by atoms with Gasteiger partial charge in [0.05, 0.1) is 0 Å². The molecule has 0 amide bonds. The van der Waals surface area contributed by atoms with Gasteiger partial charge in [0, 0.05) is 24.3 Å². The van der Waals surface area contributed by atoms with Crippen molar-refractivity contribution in [2.75, 3.05) is 25.5 Å². The number of piperidine rings is 1. The van der Waals surface area contributed by atoms with Crippen molar-refractivity contribution in [3.8, 4) is 0 Å². The molecule has 1 aromatic heterocycles. The summed E-state index contributed by atoms with van der Waals surface area (Å²) < 4.78 is 0. The number of anilines is 1. The molecule has 1 N–H and O–H groups in total. The zero-order valence-corrected chi connectivity index (χ0v) is 11.8. The van der Waals surface area contributed by atoms with Crippen LogP contribution in [0.1, 0.15) is 44.7 Å². The van der Waals surface area contributed by atoms with Gasteiger partial charge in [0.1, 0.15) is 5.82 Å². The number of pyridine rings is 1. The van der Waals surface area contributed by atoms with Crippen molar-refractivity contribution >= 4 is 5.82 Å². The number of hydrogen-bond acceptors (Lipinski definition) is 3. The van der Waals surface area contributed by atoms with Gasteiger partial charge in [0.2, 0.25) is 0 Å². The number of nitrogens with zero attached hydrogens (tertiary/aromatic N) is 2. The third-order valence-electron chi connectivity index (χ3n) is 3.65. The second-order valence-corrected chi connectivity index (χ2v) is 5.71. The van der Waals surface area contributed by atoms with Gasteiger partial charge in [-0.15, -0.1) is 0 Å². The quantitative estimate of drug-likeness (QED) is 0.884. The van der Waals surface area contributed by atoms with Gasteiger partial charge < -0.3 is 5.32 Å². The number of rotatable bonds is 4. The molecule has 2 heterocycles. The lowest BCUT2D eigenvalue weighted by molar-refractivity contribution is 0.187. The summed E-state index contributed by atoms with van der Waals surface area (Å²) in [6.45, 7) is 6.63. The average molecular weight is 247 g/mol. The maximum absolute atomic E-state index is 4.52. The van der Waals surface area contributed by atoms with Crippen molar-refractivity contribution in [2.45, 2.75) is 39.2 Å². The van der Waals surface area contributed by atoms with Gasteiger partial charge in [0.15, 0.2) is 0 Å². The van der Waals surface area contributed by atoms with Crippen LogP contribution in [-0.2, 0) is 0 Å². The molecule has 0 spiro atoms. The molecule has 1 saturated heterocycles. The highest BCUT2D eigenvalue weighted by Crippen LogP contribution is 2.32. The molecule has 0 aromatic carbocycles. The molecule has 3 heteroatoms. The molecule has 0 unspecified atom stereocenters. The average Bonchev–Trinajstić information content (AvgIpc) is 2.37. The minimum absolute atomic E-state index is 0.530. The molecule has 0 radical (unpaired) electrons. The van der Waals surface area contributed by atoms with Crippen LogP contribution in [0.5, 0.6) is 0 Å². The number of hydrogen-bond donors (Lipinski definition) is 1. The van der Waals surface area contributed by atoms with E-state index >= 15 is 0 Å². The normalized spacial score (nSPS) is 21.2. The standard InChI is InChI=1S/C15H25N3/c1-12(2)11-17-15-13(7-6-9-16-15)14-8-4-5-10-18(14)3/h6-7,9,12,14H,4-5,8,10-11H2,1-3H3,(H,16,17)/t14-/m1/s1. The van der Waals surface area contributed by atoms with Gasteiger partial charge in [-0.05, 0) is 38.4 Å². The van der Waals surface area contributed by atoms with E-state index in [1.165, 1.54) is 31.4 Å². The Labute approximate surface area is 111 Å². The monoisotopic (exact) mass is 247 g/mol. The van der Waals surface area contributed by atoms with E-state index in [2.05, 4.69) is 48.2 Å². The smallest absolute Gasteiger partial charge is 0.130 e. The molecule has 2 rings (SSSR count). The van der Waals surface area contributed by atoms with Crippen LogP contribution in [0.4, 0.5) is 5.82 Å². The summed E-state index contributed by atoms with van der Waals surface area (Å²) >= 11 is 0. The zero-order valence-electron chi connectivity index (χ0n) is 11.8. The van der Waals surface area contributed by atoms with Crippen LogP contribution in [0.15, 0.2) is 18.3 Å². The second-order valence-electron chi connectivity index (χ2n) is 5.71. The van der Waals surface area contributed by atoms with Crippen LogP contribution in [0.25, 0.3) is 0 Å². The van der Waals surface area contributed by atoms with Crippen LogP contribution in [0, 0.1) is 5.92 Å². The Bertz CT molecular complexity index is 376. The maximum atomic E-state index is 4.52. The van der Waals surface area contributed by atoms with Crippen molar-refractivity contribution in [1.82, 2.24) is 9.88 Å². The second kappa shape index (κ2) is 6.19. The van der Waals surface area contributed by atoms with Crippen LogP contribution in [-0.4, -0.2) is 30.0 Å². The van der Waals surface area contributed by atoms with Gasteiger partial charge in [-0.25, -0.2) is 4.98 Å². The molecule has 3 nitrogen and oxygen atoms in total. The van der Waals surface area contributed by atoms with E-state index in [1.54, 1.807) is 0 Å². The molecule has 1 atom stereocenters. The summed E-state index contributed by atoms with van der Waals surface area (Å²) in [7, 11) is 2.23. The van der Waals surface area contributed by atoms with Crippen LogP contribution >= 0.6 is 0 Å². The fourth-order valence-corrected chi connectivity index (χ4v) is 2.60. The predicted molar refractivity (Wildman–Crippen MR) is 76.8 cm³/mol. The Kier molecular flexibility index (Phi) is 4.59. The van der Waals surface area contributed by atoms with E-state index in [9.17, 15) is 0 Å². The molecular weight excluding hydrogens is 222 g/mol. The molecule has 1 aromatic rings. The highest BCUT2D eigenvalue weighted by atomic mass is 15.1. The molecule has 0 saturated carbocycles. The van der Waals surface area contributed by atoms with Crippen molar-refractivity contribution in [3.05, 3.63) is 23.9 Å². The molecule has 0 aliphatic carbocycles. The molecule has 100 valence electrons. The summed E-state index contributed by atoms with van der Waals surface area (Å²) in [6, 6.07) is 4.81. The summed E-state index contributed by atoms with van der Waals surface area (Å²) in [5, 5.41) is 3.49. The van der Waals surface area contributed by atoms with Crippen LogP contribution < -0.4 is 5.32 Å². The predicted octanol–water partition coefficient (Wildman–Crippen LogP) is 3.31. The number of nitrogens with one attached hydrogen (secondary N) is 1. The van der Waals surface area contributed by atoms with Gasteiger partial charge in [-0.3, -0.25) is 4.90 Å².